The number of halogens is 1. The summed E-state index contributed by atoms with van der Waals surface area (Å²) in [6.45, 7) is 0.941. The fraction of sp³-hybridized carbons (Fsp3) is 0.111. The molecule has 0 aliphatic carbocycles. The van der Waals surface area contributed by atoms with Gasteiger partial charge in [-0.1, -0.05) is 12.1 Å². The number of hydrogen-bond donors (Lipinski definition) is 0. The molecule has 6 heteroatoms. The predicted molar refractivity (Wildman–Crippen MR) is 91.1 cm³/mol. The second-order valence-corrected chi connectivity index (χ2v) is 6.18. The maximum atomic E-state index is 13.0. The largest absolute Gasteiger partial charge is 0.490 e. The highest BCUT2D eigenvalue weighted by Crippen LogP contribution is 2.32. The van der Waals surface area contributed by atoms with Crippen molar-refractivity contribution in [2.75, 3.05) is 18.1 Å². The summed E-state index contributed by atoms with van der Waals surface area (Å²) in [6, 6.07) is 13.5. The van der Waals surface area contributed by atoms with E-state index in [4.69, 9.17) is 4.74 Å². The van der Waals surface area contributed by atoms with Gasteiger partial charge in [0.15, 0.2) is 0 Å². The van der Waals surface area contributed by atoms with Crippen molar-refractivity contribution >= 4 is 22.9 Å². The van der Waals surface area contributed by atoms with Gasteiger partial charge in [-0.3, -0.25) is 4.79 Å². The lowest BCUT2D eigenvalue weighted by molar-refractivity contribution is 0.0972. The van der Waals surface area contributed by atoms with Crippen LogP contribution in [0, 0.1) is 5.82 Å². The van der Waals surface area contributed by atoms with E-state index in [1.807, 2.05) is 24.3 Å². The number of benzene rings is 2. The van der Waals surface area contributed by atoms with Gasteiger partial charge in [-0.2, -0.15) is 0 Å². The Balaban J connectivity index is 1.63. The summed E-state index contributed by atoms with van der Waals surface area (Å²) >= 11 is 1.37. The summed E-state index contributed by atoms with van der Waals surface area (Å²) in [5, 5.41) is 2.43. The normalized spacial score (nSPS) is 13.3. The Bertz CT molecular complexity index is 892. The van der Waals surface area contributed by atoms with Crippen LogP contribution in [0.5, 0.6) is 5.75 Å². The van der Waals surface area contributed by atoms with E-state index < -0.39 is 0 Å². The summed E-state index contributed by atoms with van der Waals surface area (Å²) < 4.78 is 18.6. The Morgan fingerprint density at radius 3 is 2.79 bits per heavy atom. The molecular formula is C18H13FN2O2S. The average Bonchev–Trinajstić information content (AvgIpc) is 3.11. The van der Waals surface area contributed by atoms with E-state index in [1.165, 1.54) is 23.5 Å². The minimum absolute atomic E-state index is 0.157. The van der Waals surface area contributed by atoms with Gasteiger partial charge in [0.25, 0.3) is 5.91 Å². The molecule has 4 nitrogen and oxygen atoms in total. The first-order valence-electron chi connectivity index (χ1n) is 7.47. The van der Waals surface area contributed by atoms with Crippen molar-refractivity contribution in [3.8, 4) is 16.3 Å². The van der Waals surface area contributed by atoms with Crippen molar-refractivity contribution < 1.29 is 13.9 Å². The molecule has 0 bridgehead atoms. The summed E-state index contributed by atoms with van der Waals surface area (Å²) in [5.41, 5.74) is 1.93. The first-order chi connectivity index (χ1) is 11.7. The third kappa shape index (κ3) is 2.65. The van der Waals surface area contributed by atoms with Gasteiger partial charge in [-0.15, -0.1) is 11.3 Å². The van der Waals surface area contributed by atoms with Crippen molar-refractivity contribution in [1.82, 2.24) is 4.98 Å². The highest BCUT2D eigenvalue weighted by molar-refractivity contribution is 7.13. The smallest absolute Gasteiger partial charge is 0.277 e. The van der Waals surface area contributed by atoms with Gasteiger partial charge >= 0.3 is 0 Å². The molecule has 2 aromatic carbocycles. The minimum Gasteiger partial charge on any atom is -0.490 e. The van der Waals surface area contributed by atoms with Crippen LogP contribution in [0.1, 0.15) is 10.5 Å². The SMILES string of the molecule is O=C(c1csc(-c2ccc(F)cc2)n1)N1CCOc2ccccc21. The lowest BCUT2D eigenvalue weighted by Gasteiger charge is -2.28. The van der Waals surface area contributed by atoms with Crippen molar-refractivity contribution in [2.45, 2.75) is 0 Å². The van der Waals surface area contributed by atoms with Gasteiger partial charge in [0.1, 0.15) is 28.9 Å². The molecular weight excluding hydrogens is 327 g/mol. The number of anilines is 1. The van der Waals surface area contributed by atoms with Crippen LogP contribution in [0.15, 0.2) is 53.9 Å². The molecule has 1 aliphatic heterocycles. The number of rotatable bonds is 2. The number of aromatic nitrogens is 1. The van der Waals surface area contributed by atoms with Crippen LogP contribution in [0.25, 0.3) is 10.6 Å². The van der Waals surface area contributed by atoms with Crippen molar-refractivity contribution in [1.29, 1.82) is 0 Å². The number of carbonyl (C=O) groups excluding carboxylic acids is 1. The summed E-state index contributed by atoms with van der Waals surface area (Å²) in [4.78, 5) is 18.9. The number of fused-ring (bicyclic) bond motifs is 1. The number of carbonyl (C=O) groups is 1. The Kier molecular flexibility index (Phi) is 3.74. The molecule has 0 spiro atoms. The molecule has 0 atom stereocenters. The van der Waals surface area contributed by atoms with E-state index in [2.05, 4.69) is 4.98 Å². The zero-order chi connectivity index (χ0) is 16.5. The summed E-state index contributed by atoms with van der Waals surface area (Å²) in [7, 11) is 0. The Morgan fingerprint density at radius 2 is 1.96 bits per heavy atom. The molecule has 24 heavy (non-hydrogen) atoms. The maximum absolute atomic E-state index is 13.0. The molecule has 1 amide bonds. The highest BCUT2D eigenvalue weighted by atomic mass is 32.1. The molecule has 1 aromatic heterocycles. The number of thiazole rings is 1. The molecule has 1 aliphatic rings. The summed E-state index contributed by atoms with van der Waals surface area (Å²) in [5.74, 6) is 0.248. The topological polar surface area (TPSA) is 42.4 Å². The van der Waals surface area contributed by atoms with Crippen LogP contribution in [0.4, 0.5) is 10.1 Å². The monoisotopic (exact) mass is 340 g/mol. The van der Waals surface area contributed by atoms with E-state index >= 15 is 0 Å². The van der Waals surface area contributed by atoms with E-state index in [-0.39, 0.29) is 11.7 Å². The molecule has 0 fully saturated rings. The standard InChI is InChI=1S/C18H13FN2O2S/c19-13-7-5-12(6-8-13)17-20-14(11-24-17)18(22)21-9-10-23-16-4-2-1-3-15(16)21/h1-8,11H,9-10H2. The molecule has 0 unspecified atom stereocenters. The second kappa shape index (κ2) is 6.05. The van der Waals surface area contributed by atoms with Gasteiger partial charge in [-0.25, -0.2) is 9.37 Å². The Hall–Kier alpha value is -2.73. The Labute approximate surface area is 142 Å². The molecule has 120 valence electrons. The molecule has 3 aromatic rings. The molecule has 0 radical (unpaired) electrons. The fourth-order valence-corrected chi connectivity index (χ4v) is 3.42. The van der Waals surface area contributed by atoms with Gasteiger partial charge in [0, 0.05) is 10.9 Å². The van der Waals surface area contributed by atoms with Gasteiger partial charge in [-0.05, 0) is 36.4 Å². The fourth-order valence-electron chi connectivity index (χ4n) is 2.62. The average molecular weight is 340 g/mol. The second-order valence-electron chi connectivity index (χ2n) is 5.32. The first-order valence-corrected chi connectivity index (χ1v) is 8.35. The first kappa shape index (κ1) is 14.8. The number of para-hydroxylation sites is 2. The van der Waals surface area contributed by atoms with E-state index in [0.29, 0.717) is 29.6 Å². The van der Waals surface area contributed by atoms with Gasteiger partial charge in [0.2, 0.25) is 0 Å². The van der Waals surface area contributed by atoms with Crippen LogP contribution in [-0.4, -0.2) is 24.0 Å². The van der Waals surface area contributed by atoms with Crippen LogP contribution >= 0.6 is 11.3 Å². The van der Waals surface area contributed by atoms with Gasteiger partial charge < -0.3 is 9.64 Å². The third-order valence-electron chi connectivity index (χ3n) is 3.79. The lowest BCUT2D eigenvalue weighted by Crippen LogP contribution is -2.38. The van der Waals surface area contributed by atoms with E-state index in [0.717, 1.165) is 11.3 Å². The zero-order valence-electron chi connectivity index (χ0n) is 12.6. The van der Waals surface area contributed by atoms with Crippen LogP contribution in [0.3, 0.4) is 0 Å². The summed E-state index contributed by atoms with van der Waals surface area (Å²) in [6.07, 6.45) is 0. The van der Waals surface area contributed by atoms with E-state index in [9.17, 15) is 9.18 Å². The van der Waals surface area contributed by atoms with Crippen molar-refractivity contribution in [3.63, 3.8) is 0 Å². The molecule has 0 N–H and O–H groups in total. The quantitative estimate of drug-likeness (QED) is 0.708. The van der Waals surface area contributed by atoms with Crippen LogP contribution < -0.4 is 9.64 Å². The molecule has 0 saturated carbocycles. The molecule has 0 saturated heterocycles. The number of amides is 1. The number of ether oxygens (including phenoxy) is 1. The maximum Gasteiger partial charge on any atom is 0.277 e. The van der Waals surface area contributed by atoms with Crippen molar-refractivity contribution in [2.24, 2.45) is 0 Å². The van der Waals surface area contributed by atoms with Gasteiger partial charge in [0.05, 0.1) is 12.2 Å². The number of hydrogen-bond acceptors (Lipinski definition) is 4. The zero-order valence-corrected chi connectivity index (χ0v) is 13.4. The molecule has 2 heterocycles. The lowest BCUT2D eigenvalue weighted by atomic mass is 10.2. The minimum atomic E-state index is -0.295. The molecule has 4 rings (SSSR count). The number of nitrogens with zero attached hydrogens (tertiary/aromatic N) is 2. The van der Waals surface area contributed by atoms with Crippen LogP contribution in [-0.2, 0) is 0 Å². The predicted octanol–water partition coefficient (Wildman–Crippen LogP) is 3.99. The van der Waals surface area contributed by atoms with Crippen LogP contribution in [0.2, 0.25) is 0 Å². The third-order valence-corrected chi connectivity index (χ3v) is 4.68. The van der Waals surface area contributed by atoms with Crippen molar-refractivity contribution in [3.05, 3.63) is 65.4 Å². The van der Waals surface area contributed by atoms with E-state index in [1.54, 1.807) is 22.4 Å². The Morgan fingerprint density at radius 1 is 1.17 bits per heavy atom. The highest BCUT2D eigenvalue weighted by Gasteiger charge is 2.26.